The van der Waals surface area contributed by atoms with E-state index in [4.69, 9.17) is 0 Å². The van der Waals surface area contributed by atoms with Crippen LogP contribution in [0.15, 0.2) is 18.2 Å². The molecule has 0 radical (unpaired) electrons. The van der Waals surface area contributed by atoms with Crippen LogP contribution in [0.4, 0.5) is 0 Å². The van der Waals surface area contributed by atoms with Crippen LogP contribution < -0.4 is 5.32 Å². The molecule has 0 bridgehead atoms. The molecule has 24 heavy (non-hydrogen) atoms. The lowest BCUT2D eigenvalue weighted by molar-refractivity contribution is -0.141. The fourth-order valence-electron chi connectivity index (χ4n) is 2.51. The van der Waals surface area contributed by atoms with Gasteiger partial charge >= 0.3 is 5.97 Å². The summed E-state index contributed by atoms with van der Waals surface area (Å²) < 4.78 is 23.8. The summed E-state index contributed by atoms with van der Waals surface area (Å²) in [6.45, 7) is 5.62. The summed E-state index contributed by atoms with van der Waals surface area (Å²) in [5.41, 5.74) is 2.17. The summed E-state index contributed by atoms with van der Waals surface area (Å²) in [6.07, 6.45) is 2.17. The molecule has 7 heteroatoms. The molecular weight excluding hydrogens is 330 g/mol. The first kappa shape index (κ1) is 20.2. The van der Waals surface area contributed by atoms with Crippen molar-refractivity contribution in [2.24, 2.45) is 0 Å². The Bertz CT molecular complexity index is 677. The first-order valence-corrected chi connectivity index (χ1v) is 9.77. The number of aryl methyl sites for hydroxylation is 2. The van der Waals surface area contributed by atoms with E-state index < -0.39 is 33.5 Å². The topological polar surface area (TPSA) is 101 Å². The number of hydrogen-bond acceptors (Lipinski definition) is 4. The molecular formula is C17H25NO5S. The lowest BCUT2D eigenvalue weighted by Gasteiger charge is -2.16. The first-order chi connectivity index (χ1) is 11.1. The van der Waals surface area contributed by atoms with Gasteiger partial charge in [-0.1, -0.05) is 49.1 Å². The average Bonchev–Trinajstić information content (AvgIpc) is 2.42. The number of carboxylic acid groups (broad SMARTS) is 1. The van der Waals surface area contributed by atoms with E-state index in [0.29, 0.717) is 12.0 Å². The third-order valence-electron chi connectivity index (χ3n) is 3.54. The Morgan fingerprint density at radius 1 is 1.12 bits per heavy atom. The highest BCUT2D eigenvalue weighted by Crippen LogP contribution is 2.17. The van der Waals surface area contributed by atoms with Crippen LogP contribution in [0.5, 0.6) is 0 Å². The van der Waals surface area contributed by atoms with Crippen LogP contribution in [0.2, 0.25) is 0 Å². The quantitative estimate of drug-likeness (QED) is 0.661. The van der Waals surface area contributed by atoms with Crippen molar-refractivity contribution >= 4 is 21.7 Å². The number of rotatable bonds is 9. The van der Waals surface area contributed by atoms with Crippen molar-refractivity contribution in [2.75, 3.05) is 11.5 Å². The number of hydrogen-bond donors (Lipinski definition) is 2. The highest BCUT2D eigenvalue weighted by atomic mass is 32.2. The number of nitrogens with one attached hydrogen (secondary N) is 1. The number of unbranched alkanes of at least 4 members (excludes halogenated alkanes) is 2. The number of amides is 1. The molecule has 0 aliphatic carbocycles. The second-order valence-corrected chi connectivity index (χ2v) is 8.24. The van der Waals surface area contributed by atoms with Gasteiger partial charge in [0.05, 0.1) is 5.75 Å². The smallest absolute Gasteiger partial charge is 0.330 e. The average molecular weight is 355 g/mol. The SMILES string of the molecule is CCCCCS(=O)(=O)CC(=O)NC(C(=O)O)c1cc(C)cc(C)c1. The van der Waals surface area contributed by atoms with Crippen molar-refractivity contribution in [3.8, 4) is 0 Å². The Morgan fingerprint density at radius 3 is 2.21 bits per heavy atom. The molecule has 1 unspecified atom stereocenters. The van der Waals surface area contributed by atoms with E-state index in [0.717, 1.165) is 24.0 Å². The van der Waals surface area contributed by atoms with Crippen LogP contribution in [0, 0.1) is 13.8 Å². The van der Waals surface area contributed by atoms with Gasteiger partial charge in [0.25, 0.3) is 0 Å². The van der Waals surface area contributed by atoms with Gasteiger partial charge in [0, 0.05) is 0 Å². The lowest BCUT2D eigenvalue weighted by Crippen LogP contribution is -2.37. The molecule has 0 spiro atoms. The number of carbonyl (C=O) groups excluding carboxylic acids is 1. The Balaban J connectivity index is 2.82. The Kier molecular flexibility index (Phi) is 7.41. The summed E-state index contributed by atoms with van der Waals surface area (Å²) >= 11 is 0. The Hall–Kier alpha value is -1.89. The Morgan fingerprint density at radius 2 is 1.71 bits per heavy atom. The molecule has 0 heterocycles. The minimum Gasteiger partial charge on any atom is -0.479 e. The number of sulfone groups is 1. The van der Waals surface area contributed by atoms with E-state index >= 15 is 0 Å². The third-order valence-corrected chi connectivity index (χ3v) is 5.15. The van der Waals surface area contributed by atoms with Gasteiger partial charge in [-0.15, -0.1) is 0 Å². The van der Waals surface area contributed by atoms with E-state index in [9.17, 15) is 23.1 Å². The highest BCUT2D eigenvalue weighted by molar-refractivity contribution is 7.92. The summed E-state index contributed by atoms with van der Waals surface area (Å²) in [7, 11) is -3.53. The molecule has 0 aromatic heterocycles. The zero-order valence-electron chi connectivity index (χ0n) is 14.3. The van der Waals surface area contributed by atoms with Gasteiger partial charge in [-0.3, -0.25) is 4.79 Å². The lowest BCUT2D eigenvalue weighted by atomic mass is 10.0. The van der Waals surface area contributed by atoms with E-state index in [1.165, 1.54) is 0 Å². The van der Waals surface area contributed by atoms with Crippen LogP contribution in [0.25, 0.3) is 0 Å². The third kappa shape index (κ3) is 6.70. The predicted molar refractivity (Wildman–Crippen MR) is 92.6 cm³/mol. The predicted octanol–water partition coefficient (Wildman–Crippen LogP) is 2.15. The molecule has 0 aliphatic heterocycles. The van der Waals surface area contributed by atoms with E-state index in [1.54, 1.807) is 12.1 Å². The van der Waals surface area contributed by atoms with Crippen molar-refractivity contribution in [3.05, 3.63) is 34.9 Å². The maximum absolute atomic E-state index is 12.0. The number of aliphatic carboxylic acids is 1. The van der Waals surface area contributed by atoms with Gasteiger partial charge in [-0.25, -0.2) is 13.2 Å². The van der Waals surface area contributed by atoms with Crippen LogP contribution in [-0.4, -0.2) is 36.9 Å². The summed E-state index contributed by atoms with van der Waals surface area (Å²) in [5, 5.41) is 11.7. The molecule has 1 atom stereocenters. The van der Waals surface area contributed by atoms with Crippen molar-refractivity contribution in [2.45, 2.75) is 46.1 Å². The molecule has 1 aromatic carbocycles. The largest absolute Gasteiger partial charge is 0.479 e. The van der Waals surface area contributed by atoms with Crippen molar-refractivity contribution in [3.63, 3.8) is 0 Å². The molecule has 134 valence electrons. The molecule has 0 saturated carbocycles. The van der Waals surface area contributed by atoms with Crippen molar-refractivity contribution in [1.82, 2.24) is 5.32 Å². The fourth-order valence-corrected chi connectivity index (χ4v) is 3.78. The van der Waals surface area contributed by atoms with Gasteiger partial charge in [0.1, 0.15) is 5.75 Å². The van der Waals surface area contributed by atoms with Crippen LogP contribution in [0.1, 0.15) is 48.9 Å². The van der Waals surface area contributed by atoms with Gasteiger partial charge < -0.3 is 10.4 Å². The molecule has 2 N–H and O–H groups in total. The van der Waals surface area contributed by atoms with E-state index in [-0.39, 0.29) is 5.75 Å². The molecule has 0 aliphatic rings. The van der Waals surface area contributed by atoms with Crippen LogP contribution >= 0.6 is 0 Å². The maximum atomic E-state index is 12.0. The minimum absolute atomic E-state index is 0.0600. The zero-order valence-corrected chi connectivity index (χ0v) is 15.1. The highest BCUT2D eigenvalue weighted by Gasteiger charge is 2.25. The van der Waals surface area contributed by atoms with E-state index in [2.05, 4.69) is 5.32 Å². The molecule has 1 amide bonds. The minimum atomic E-state index is -3.53. The number of benzene rings is 1. The van der Waals surface area contributed by atoms with Gasteiger partial charge in [-0.05, 0) is 25.8 Å². The van der Waals surface area contributed by atoms with Crippen molar-refractivity contribution in [1.29, 1.82) is 0 Å². The fraction of sp³-hybridized carbons (Fsp3) is 0.529. The van der Waals surface area contributed by atoms with E-state index in [1.807, 2.05) is 26.8 Å². The molecule has 1 rings (SSSR count). The second kappa shape index (κ2) is 8.82. The molecule has 1 aromatic rings. The zero-order chi connectivity index (χ0) is 18.3. The number of carbonyl (C=O) groups is 2. The van der Waals surface area contributed by atoms with Gasteiger partial charge in [-0.2, -0.15) is 0 Å². The van der Waals surface area contributed by atoms with Gasteiger partial charge in [0.15, 0.2) is 15.9 Å². The van der Waals surface area contributed by atoms with Crippen molar-refractivity contribution < 1.29 is 23.1 Å². The standard InChI is InChI=1S/C17H25NO5S/c1-4-5-6-7-24(22,23)11-15(19)18-16(17(20)21)14-9-12(2)8-13(3)10-14/h8-10,16H,4-7,11H2,1-3H3,(H,18,19)(H,20,21). The first-order valence-electron chi connectivity index (χ1n) is 7.95. The summed E-state index contributed by atoms with van der Waals surface area (Å²) in [5.74, 6) is -2.77. The maximum Gasteiger partial charge on any atom is 0.330 e. The van der Waals surface area contributed by atoms with Gasteiger partial charge in [0.2, 0.25) is 5.91 Å². The summed E-state index contributed by atoms with van der Waals surface area (Å²) in [4.78, 5) is 23.5. The Labute approximate surface area is 143 Å². The number of carboxylic acids is 1. The van der Waals surface area contributed by atoms with Crippen LogP contribution in [-0.2, 0) is 19.4 Å². The monoisotopic (exact) mass is 355 g/mol. The molecule has 6 nitrogen and oxygen atoms in total. The molecule has 0 saturated heterocycles. The normalized spacial score (nSPS) is 12.6. The van der Waals surface area contributed by atoms with Crippen LogP contribution in [0.3, 0.4) is 0 Å². The summed E-state index contributed by atoms with van der Waals surface area (Å²) in [6, 6.07) is 3.97. The molecule has 0 fully saturated rings. The second-order valence-electron chi connectivity index (χ2n) is 6.06.